The molecule has 6 rings (SSSR count). The lowest BCUT2D eigenvalue weighted by Gasteiger charge is -2.16. The largest absolute Gasteiger partial charge is 0.497 e. The summed E-state index contributed by atoms with van der Waals surface area (Å²) in [4.78, 5) is 32.7. The van der Waals surface area contributed by atoms with E-state index in [4.69, 9.17) is 39.5 Å². The number of ether oxygens (including phenoxy) is 4. The standard InChI is InChI=1S/C17H19NO5S2.C10H13NO2S.C7H7ClO3S.C2HF3O2/c1-22-13-4-3-5-14(8-13)25(20,21)18-9-15(12-6-7-24-11-12)16(10-18)17(19)23-2;1-13-10(12)9-5-11-4-8(9)7-2-3-14-6-7;1-11-6-3-2-4-7(5-6)12(8,9)10;3-2(4,5)1(6)7/h3-8,11,15-16H,9-10H2,1-2H3;2-3,6,8-9,11H,4-5H2,1H3;2-5H,1H3;(H,6,7)/t15-,16+;8-,9+;;/m00../s1. The molecule has 58 heavy (non-hydrogen) atoms. The zero-order valence-electron chi connectivity index (χ0n) is 31.3. The number of alkyl halides is 3. The van der Waals surface area contributed by atoms with Crippen LogP contribution >= 0.6 is 33.4 Å². The van der Waals surface area contributed by atoms with Crippen LogP contribution in [-0.4, -0.2) is 105 Å². The van der Waals surface area contributed by atoms with Crippen LogP contribution in [0.1, 0.15) is 23.0 Å². The van der Waals surface area contributed by atoms with Gasteiger partial charge in [0.1, 0.15) is 11.5 Å². The highest BCUT2D eigenvalue weighted by Crippen LogP contribution is 2.37. The van der Waals surface area contributed by atoms with Crippen molar-refractivity contribution in [3.8, 4) is 11.5 Å². The van der Waals surface area contributed by atoms with Crippen LogP contribution in [0.15, 0.2) is 92.0 Å². The molecule has 0 bridgehead atoms. The van der Waals surface area contributed by atoms with Gasteiger partial charge in [0.05, 0.1) is 50.1 Å². The van der Waals surface area contributed by atoms with E-state index in [0.717, 1.165) is 18.7 Å². The smallest absolute Gasteiger partial charge is 0.490 e. The minimum Gasteiger partial charge on any atom is -0.497 e. The fourth-order valence-corrected chi connectivity index (χ4v) is 9.52. The van der Waals surface area contributed by atoms with Crippen LogP contribution < -0.4 is 14.8 Å². The number of aliphatic carboxylic acids is 1. The van der Waals surface area contributed by atoms with Crippen molar-refractivity contribution < 1.29 is 68.4 Å². The normalized spacial score (nSPS) is 19.2. The predicted octanol–water partition coefficient (Wildman–Crippen LogP) is 5.81. The van der Waals surface area contributed by atoms with Gasteiger partial charge in [-0.2, -0.15) is 40.2 Å². The lowest BCUT2D eigenvalue weighted by Crippen LogP contribution is -2.30. The van der Waals surface area contributed by atoms with Gasteiger partial charge in [-0.25, -0.2) is 21.6 Å². The van der Waals surface area contributed by atoms with Gasteiger partial charge < -0.3 is 29.4 Å². The van der Waals surface area contributed by atoms with E-state index >= 15 is 0 Å². The van der Waals surface area contributed by atoms with E-state index in [9.17, 15) is 39.6 Å². The molecule has 4 heterocycles. The average molecular weight is 913 g/mol. The van der Waals surface area contributed by atoms with Gasteiger partial charge in [-0.15, -0.1) is 0 Å². The summed E-state index contributed by atoms with van der Waals surface area (Å²) in [5.41, 5.74) is 2.21. The fourth-order valence-electron chi connectivity index (χ4n) is 5.76. The van der Waals surface area contributed by atoms with Gasteiger partial charge in [0.2, 0.25) is 10.0 Å². The first-order valence-electron chi connectivity index (χ1n) is 16.7. The highest BCUT2D eigenvalue weighted by Gasteiger charge is 2.44. The summed E-state index contributed by atoms with van der Waals surface area (Å²) in [6.07, 6.45) is -5.08. The summed E-state index contributed by atoms with van der Waals surface area (Å²) in [5.74, 6) is -2.77. The van der Waals surface area contributed by atoms with E-state index in [0.29, 0.717) is 11.5 Å². The molecular weight excluding hydrogens is 873 g/mol. The highest BCUT2D eigenvalue weighted by molar-refractivity contribution is 8.13. The van der Waals surface area contributed by atoms with Crippen molar-refractivity contribution in [2.75, 3.05) is 54.6 Å². The molecule has 0 saturated carbocycles. The van der Waals surface area contributed by atoms with E-state index in [1.54, 1.807) is 35.6 Å². The molecule has 2 fully saturated rings. The molecule has 22 heteroatoms. The summed E-state index contributed by atoms with van der Waals surface area (Å²) in [7, 11) is 3.46. The Kier molecular flexibility index (Phi) is 18.0. The summed E-state index contributed by atoms with van der Waals surface area (Å²) in [6, 6.07) is 16.3. The van der Waals surface area contributed by atoms with E-state index in [1.807, 2.05) is 22.2 Å². The molecule has 2 N–H and O–H groups in total. The van der Waals surface area contributed by atoms with Gasteiger partial charge >= 0.3 is 24.1 Å². The number of nitrogens with zero attached hydrogens (tertiary/aromatic N) is 1. The molecule has 0 amide bonds. The monoisotopic (exact) mass is 912 g/mol. The third kappa shape index (κ3) is 13.4. The van der Waals surface area contributed by atoms with E-state index < -0.39 is 37.1 Å². The van der Waals surface area contributed by atoms with Crippen LogP contribution in [0.2, 0.25) is 0 Å². The number of carbonyl (C=O) groups excluding carboxylic acids is 2. The first kappa shape index (κ1) is 48.1. The maximum Gasteiger partial charge on any atom is 0.490 e. The van der Waals surface area contributed by atoms with Crippen molar-refractivity contribution in [2.24, 2.45) is 11.8 Å². The number of carbonyl (C=O) groups is 3. The minimum atomic E-state index is -5.08. The van der Waals surface area contributed by atoms with Crippen molar-refractivity contribution in [1.29, 1.82) is 0 Å². The molecule has 2 aromatic heterocycles. The molecule has 2 aromatic carbocycles. The van der Waals surface area contributed by atoms with Crippen molar-refractivity contribution in [2.45, 2.75) is 27.8 Å². The molecule has 2 aliphatic heterocycles. The third-order valence-corrected chi connectivity index (χ3v) is 13.3. The number of benzene rings is 2. The molecule has 318 valence electrons. The summed E-state index contributed by atoms with van der Waals surface area (Å²) >= 11 is 3.19. The first-order valence-corrected chi connectivity index (χ1v) is 22.4. The molecule has 0 spiro atoms. The Labute approximate surface area is 345 Å². The first-order chi connectivity index (χ1) is 27.3. The van der Waals surface area contributed by atoms with Crippen LogP contribution in [-0.2, 0) is 42.9 Å². The van der Waals surface area contributed by atoms with Crippen molar-refractivity contribution in [3.05, 3.63) is 93.3 Å². The molecule has 0 radical (unpaired) electrons. The minimum absolute atomic E-state index is 0.0189. The Hall–Kier alpha value is -4.25. The van der Waals surface area contributed by atoms with Crippen LogP contribution in [0.4, 0.5) is 13.2 Å². The second kappa shape index (κ2) is 21.7. The number of sulfonamides is 1. The van der Waals surface area contributed by atoms with E-state index in [-0.39, 0.29) is 52.6 Å². The second-order valence-corrected chi connectivity index (χ2v) is 18.2. The maximum atomic E-state index is 13.0. The maximum absolute atomic E-state index is 13.0. The lowest BCUT2D eigenvalue weighted by molar-refractivity contribution is -0.192. The van der Waals surface area contributed by atoms with Gasteiger partial charge in [0.15, 0.2) is 0 Å². The number of rotatable bonds is 9. The number of nitrogens with one attached hydrogen (secondary N) is 1. The number of hydrogen-bond acceptors (Lipinski definition) is 14. The van der Waals surface area contributed by atoms with E-state index in [2.05, 4.69) is 16.8 Å². The number of thiophene rings is 2. The molecule has 2 saturated heterocycles. The number of hydrogen-bond donors (Lipinski definition) is 2. The number of halogens is 4. The molecule has 4 atom stereocenters. The quantitative estimate of drug-likeness (QED) is 0.151. The molecule has 14 nitrogen and oxygen atoms in total. The number of carboxylic acid groups (broad SMARTS) is 1. The number of methoxy groups -OCH3 is 4. The van der Waals surface area contributed by atoms with Crippen LogP contribution in [0.25, 0.3) is 0 Å². The predicted molar refractivity (Wildman–Crippen MR) is 209 cm³/mol. The Morgan fingerprint density at radius 3 is 1.69 bits per heavy atom. The van der Waals surface area contributed by atoms with Gasteiger partial charge in [-0.3, -0.25) is 9.59 Å². The SMILES string of the molecule is COC(=O)[C@@H]1CN(S(=O)(=O)c2cccc(OC)c2)C[C@H]1c1ccsc1.COC(=O)[C@@H]1CNC[C@H]1c1ccsc1.COc1cccc(S(=O)(=O)Cl)c1.O=C(O)C(F)(F)F. The zero-order chi connectivity index (χ0) is 43.3. The van der Waals surface area contributed by atoms with Crippen LogP contribution in [0.3, 0.4) is 0 Å². The Bertz CT molecular complexity index is 2170. The van der Waals surface area contributed by atoms with Gasteiger partial charge in [0, 0.05) is 60.8 Å². The Balaban J connectivity index is 0.000000231. The van der Waals surface area contributed by atoms with Crippen LogP contribution in [0, 0.1) is 11.8 Å². The summed E-state index contributed by atoms with van der Waals surface area (Å²) in [6.45, 7) is 1.95. The van der Waals surface area contributed by atoms with Gasteiger partial charge in [-0.1, -0.05) is 12.1 Å². The Morgan fingerprint density at radius 2 is 1.24 bits per heavy atom. The third-order valence-electron chi connectivity index (χ3n) is 8.70. The van der Waals surface area contributed by atoms with Crippen molar-refractivity contribution in [1.82, 2.24) is 9.62 Å². The highest BCUT2D eigenvalue weighted by atomic mass is 35.7. The number of carboxylic acids is 1. The van der Waals surface area contributed by atoms with Crippen molar-refractivity contribution >= 4 is 70.3 Å². The molecule has 0 unspecified atom stereocenters. The zero-order valence-corrected chi connectivity index (χ0v) is 35.3. The van der Waals surface area contributed by atoms with Gasteiger partial charge in [-0.05, 0) is 69.0 Å². The molecule has 2 aliphatic rings. The average Bonchev–Trinajstić information content (AvgIpc) is 4.05. The number of esters is 2. The van der Waals surface area contributed by atoms with Gasteiger partial charge in [0.25, 0.3) is 9.05 Å². The van der Waals surface area contributed by atoms with Crippen molar-refractivity contribution in [3.63, 3.8) is 0 Å². The fraction of sp³-hybridized carbons (Fsp3) is 0.361. The van der Waals surface area contributed by atoms with Crippen LogP contribution in [0.5, 0.6) is 11.5 Å². The summed E-state index contributed by atoms with van der Waals surface area (Å²) < 4.78 is 100. The Morgan fingerprint density at radius 1 is 0.759 bits per heavy atom. The topological polar surface area (TPSA) is 192 Å². The summed E-state index contributed by atoms with van der Waals surface area (Å²) in [5, 5.41) is 18.4. The van der Waals surface area contributed by atoms with E-state index in [1.165, 1.54) is 73.9 Å². The molecule has 0 aliphatic carbocycles. The lowest BCUT2D eigenvalue weighted by atomic mass is 9.91. The molecular formula is C36H40ClF3N2O12S4. The molecule has 4 aromatic rings. The second-order valence-electron chi connectivity index (χ2n) is 12.2.